The van der Waals surface area contributed by atoms with Crippen LogP contribution in [0.4, 0.5) is 0 Å². The van der Waals surface area contributed by atoms with Crippen molar-refractivity contribution in [3.63, 3.8) is 0 Å². The summed E-state index contributed by atoms with van der Waals surface area (Å²) in [6.07, 6.45) is 5.69. The summed E-state index contributed by atoms with van der Waals surface area (Å²) in [4.78, 5) is 4.55. The molecule has 1 aliphatic heterocycles. The lowest BCUT2D eigenvalue weighted by molar-refractivity contribution is 0.372. The van der Waals surface area contributed by atoms with Crippen LogP contribution in [0.15, 0.2) is 18.5 Å². The molecule has 0 bridgehead atoms. The van der Waals surface area contributed by atoms with Gasteiger partial charge in [0.05, 0.1) is 6.10 Å². The number of hydrogen-bond acceptors (Lipinski definition) is 2. The average molecular weight is 226 g/mol. The Balaban J connectivity index is 2.15. The zero-order valence-corrected chi connectivity index (χ0v) is 7.99. The number of epoxide rings is 1. The van der Waals surface area contributed by atoms with Gasteiger partial charge >= 0.3 is 0 Å². The molecule has 3 atom stereocenters. The van der Waals surface area contributed by atoms with Crippen LogP contribution in [0.2, 0.25) is 0 Å². The van der Waals surface area contributed by atoms with E-state index in [1.165, 1.54) is 11.1 Å². The van der Waals surface area contributed by atoms with Gasteiger partial charge in [0.25, 0.3) is 0 Å². The van der Waals surface area contributed by atoms with Crippen LogP contribution in [0, 0.1) is 0 Å². The first-order valence-corrected chi connectivity index (χ1v) is 5.01. The molecule has 2 nitrogen and oxygen atoms in total. The van der Waals surface area contributed by atoms with Crippen molar-refractivity contribution in [3.8, 4) is 0 Å². The van der Waals surface area contributed by atoms with Crippen LogP contribution in [-0.2, 0) is 4.74 Å². The van der Waals surface area contributed by atoms with Crippen LogP contribution in [0.3, 0.4) is 0 Å². The van der Waals surface area contributed by atoms with E-state index in [2.05, 4.69) is 27.0 Å². The first kappa shape index (κ1) is 7.04. The number of aromatic nitrogens is 1. The van der Waals surface area contributed by atoms with E-state index in [1.54, 1.807) is 0 Å². The average Bonchev–Trinajstić information content (AvgIpc) is 2.84. The third-order valence-electron chi connectivity index (χ3n) is 2.55. The molecule has 1 saturated heterocycles. The summed E-state index contributed by atoms with van der Waals surface area (Å²) < 4.78 is 5.52. The molecule has 0 amide bonds. The molecule has 0 saturated carbocycles. The zero-order chi connectivity index (χ0) is 8.13. The van der Waals surface area contributed by atoms with Crippen LogP contribution >= 0.6 is 15.9 Å². The summed E-state index contributed by atoms with van der Waals surface area (Å²) in [5.74, 6) is 0. The summed E-state index contributed by atoms with van der Waals surface area (Å²) in [7, 11) is 0. The molecule has 1 aliphatic carbocycles. The van der Waals surface area contributed by atoms with Gasteiger partial charge in [-0.3, -0.25) is 4.98 Å². The quantitative estimate of drug-likeness (QED) is 0.501. The van der Waals surface area contributed by atoms with E-state index in [4.69, 9.17) is 4.74 Å². The topological polar surface area (TPSA) is 25.4 Å². The van der Waals surface area contributed by atoms with Crippen LogP contribution in [-0.4, -0.2) is 11.1 Å². The van der Waals surface area contributed by atoms with E-state index in [9.17, 15) is 0 Å². The lowest BCUT2D eigenvalue weighted by Crippen LogP contribution is -2.06. The maximum atomic E-state index is 5.52. The minimum absolute atomic E-state index is 0.372. The Morgan fingerprint density at radius 1 is 1.50 bits per heavy atom. The third-order valence-corrected chi connectivity index (χ3v) is 3.42. The van der Waals surface area contributed by atoms with Crippen LogP contribution < -0.4 is 0 Å². The normalized spacial score (nSPS) is 36.9. The lowest BCUT2D eigenvalue weighted by atomic mass is 9.94. The third kappa shape index (κ3) is 0.866. The monoisotopic (exact) mass is 225 g/mol. The highest BCUT2D eigenvalue weighted by molar-refractivity contribution is 9.09. The van der Waals surface area contributed by atoms with E-state index in [-0.39, 0.29) is 0 Å². The van der Waals surface area contributed by atoms with E-state index in [0.717, 1.165) is 6.42 Å². The number of fused-ring (bicyclic) bond motifs is 3. The molecular formula is C9H8BrNO. The van der Waals surface area contributed by atoms with Gasteiger partial charge in [0.1, 0.15) is 6.10 Å². The predicted molar refractivity (Wildman–Crippen MR) is 48.1 cm³/mol. The van der Waals surface area contributed by atoms with Gasteiger partial charge in [-0.1, -0.05) is 15.9 Å². The first-order chi connectivity index (χ1) is 5.86. The van der Waals surface area contributed by atoms with Crippen LogP contribution in [0.5, 0.6) is 0 Å². The summed E-state index contributed by atoms with van der Waals surface area (Å²) in [5, 5.41) is 0. The van der Waals surface area contributed by atoms with E-state index in [1.807, 2.05) is 12.4 Å². The summed E-state index contributed by atoms with van der Waals surface area (Å²) in [6.45, 7) is 0. The fraction of sp³-hybridized carbons (Fsp3) is 0.444. The van der Waals surface area contributed by atoms with Crippen molar-refractivity contribution in [2.45, 2.75) is 23.5 Å². The Morgan fingerprint density at radius 2 is 2.42 bits per heavy atom. The van der Waals surface area contributed by atoms with Crippen molar-refractivity contribution >= 4 is 15.9 Å². The molecule has 3 rings (SSSR count). The second kappa shape index (κ2) is 2.30. The SMILES string of the molecule is Br[C@H]1C[C@H]2O[C@H]2c2ccncc21. The second-order valence-electron chi connectivity index (χ2n) is 3.30. The number of pyridine rings is 1. The number of ether oxygens (including phenoxy) is 1. The number of halogens is 1. The molecule has 2 heterocycles. The Bertz CT molecular complexity index is 313. The van der Waals surface area contributed by atoms with Gasteiger partial charge in [0.2, 0.25) is 0 Å². The highest BCUT2D eigenvalue weighted by Gasteiger charge is 2.46. The first-order valence-electron chi connectivity index (χ1n) is 4.09. The van der Waals surface area contributed by atoms with Crippen LogP contribution in [0.25, 0.3) is 0 Å². The summed E-state index contributed by atoms with van der Waals surface area (Å²) in [6, 6.07) is 2.06. The fourth-order valence-corrected chi connectivity index (χ4v) is 2.62. The maximum absolute atomic E-state index is 5.52. The molecule has 0 unspecified atom stereocenters. The number of alkyl halides is 1. The molecule has 0 N–H and O–H groups in total. The van der Waals surface area contributed by atoms with Crippen molar-refractivity contribution in [3.05, 3.63) is 29.6 Å². The van der Waals surface area contributed by atoms with Gasteiger partial charge in [-0.25, -0.2) is 0 Å². The van der Waals surface area contributed by atoms with Crippen molar-refractivity contribution in [2.24, 2.45) is 0 Å². The van der Waals surface area contributed by atoms with Crippen molar-refractivity contribution < 1.29 is 4.74 Å². The number of nitrogens with zero attached hydrogens (tertiary/aromatic N) is 1. The smallest absolute Gasteiger partial charge is 0.110 e. The van der Waals surface area contributed by atoms with Crippen LogP contribution in [0.1, 0.15) is 28.5 Å². The molecule has 0 spiro atoms. The Morgan fingerprint density at radius 3 is 3.33 bits per heavy atom. The summed E-state index contributed by atoms with van der Waals surface area (Å²) in [5.41, 5.74) is 2.62. The molecule has 12 heavy (non-hydrogen) atoms. The molecule has 1 fully saturated rings. The van der Waals surface area contributed by atoms with Gasteiger partial charge in [-0.05, 0) is 23.6 Å². The van der Waals surface area contributed by atoms with Gasteiger partial charge in [0, 0.05) is 17.2 Å². The molecule has 1 aromatic rings. The largest absolute Gasteiger partial charge is 0.364 e. The standard InChI is InChI=1S/C9H8BrNO/c10-7-3-8-9(12-8)5-1-2-11-4-6(5)7/h1-2,4,7-9H,3H2/t7-,8+,9-/m0/s1. The van der Waals surface area contributed by atoms with E-state index >= 15 is 0 Å². The molecule has 0 radical (unpaired) electrons. The van der Waals surface area contributed by atoms with Crippen molar-refractivity contribution in [1.29, 1.82) is 0 Å². The highest BCUT2D eigenvalue weighted by Crippen LogP contribution is 2.52. The van der Waals surface area contributed by atoms with Gasteiger partial charge in [-0.15, -0.1) is 0 Å². The molecule has 62 valence electrons. The van der Waals surface area contributed by atoms with Crippen molar-refractivity contribution in [2.75, 3.05) is 0 Å². The van der Waals surface area contributed by atoms with Crippen molar-refractivity contribution in [1.82, 2.24) is 4.98 Å². The fourth-order valence-electron chi connectivity index (χ4n) is 1.86. The number of hydrogen-bond donors (Lipinski definition) is 0. The number of rotatable bonds is 0. The molecule has 2 aliphatic rings. The van der Waals surface area contributed by atoms with Gasteiger partial charge < -0.3 is 4.74 Å². The second-order valence-corrected chi connectivity index (χ2v) is 4.41. The van der Waals surface area contributed by atoms with Gasteiger partial charge in [-0.2, -0.15) is 0 Å². The Kier molecular flexibility index (Phi) is 1.35. The Labute approximate surface area is 79.1 Å². The maximum Gasteiger partial charge on any atom is 0.110 e. The molecular weight excluding hydrogens is 218 g/mol. The molecule has 0 aromatic carbocycles. The molecule has 3 heteroatoms. The lowest BCUT2D eigenvalue weighted by Gasteiger charge is -2.16. The van der Waals surface area contributed by atoms with E-state index < -0.39 is 0 Å². The van der Waals surface area contributed by atoms with Gasteiger partial charge in [0.15, 0.2) is 0 Å². The van der Waals surface area contributed by atoms with E-state index in [0.29, 0.717) is 17.0 Å². The summed E-state index contributed by atoms with van der Waals surface area (Å²) >= 11 is 3.63. The Hall–Kier alpha value is -0.410. The molecule has 1 aromatic heterocycles. The minimum Gasteiger partial charge on any atom is -0.364 e. The predicted octanol–water partition coefficient (Wildman–Crippen LogP) is 2.36. The zero-order valence-electron chi connectivity index (χ0n) is 6.40. The highest BCUT2D eigenvalue weighted by atomic mass is 79.9. The minimum atomic E-state index is 0.372.